The Labute approximate surface area is 198 Å². The van der Waals surface area contributed by atoms with Crippen LogP contribution in [-0.2, 0) is 33.1 Å². The fourth-order valence-electron chi connectivity index (χ4n) is 3.24. The fourth-order valence-corrected chi connectivity index (χ4v) is 6.09. The van der Waals surface area contributed by atoms with Crippen LogP contribution in [0.25, 0.3) is 0 Å². The lowest BCUT2D eigenvalue weighted by Gasteiger charge is -2.23. The van der Waals surface area contributed by atoms with Gasteiger partial charge in [-0.25, -0.2) is 25.9 Å². The third-order valence-electron chi connectivity index (χ3n) is 5.22. The SMILES string of the molecule is O=S(=O)(NC1CC1)c1ccc(S(=O)(=O)N(Cc2ccc(F)cc2)Cc2ccc(Cl)cc2)cc1. The monoisotopic (exact) mass is 508 g/mol. The predicted octanol–water partition coefficient (Wildman–Crippen LogP) is 4.31. The maximum atomic E-state index is 13.5. The molecule has 1 aliphatic rings. The standard InChI is InChI=1S/C23H22ClFN2O4S2/c24-19-5-1-17(2-6-19)15-27(16-18-3-7-20(25)8-4-18)33(30,31)23-13-11-22(12-14-23)32(28,29)26-21-9-10-21/h1-8,11-14,21,26H,9-10,15-16H2. The molecule has 0 spiro atoms. The lowest BCUT2D eigenvalue weighted by Crippen LogP contribution is -2.30. The number of nitrogens with zero attached hydrogens (tertiary/aromatic N) is 1. The molecule has 0 bridgehead atoms. The Hall–Kier alpha value is -2.30. The second-order valence-corrected chi connectivity index (χ2v) is 12.0. The Morgan fingerprint density at radius 1 is 0.788 bits per heavy atom. The topological polar surface area (TPSA) is 83.5 Å². The summed E-state index contributed by atoms with van der Waals surface area (Å²) in [5.41, 5.74) is 1.33. The normalized spacial score (nSPS) is 14.5. The van der Waals surface area contributed by atoms with Gasteiger partial charge in [0, 0.05) is 24.2 Å². The Balaban J connectivity index is 1.63. The van der Waals surface area contributed by atoms with E-state index < -0.39 is 25.9 Å². The smallest absolute Gasteiger partial charge is 0.208 e. The molecule has 1 N–H and O–H groups in total. The Bertz CT molecular complexity index is 1280. The molecule has 0 unspecified atom stereocenters. The molecule has 33 heavy (non-hydrogen) atoms. The molecule has 0 radical (unpaired) electrons. The first-order valence-electron chi connectivity index (χ1n) is 10.2. The highest BCUT2D eigenvalue weighted by Gasteiger charge is 2.29. The molecule has 174 valence electrons. The number of hydrogen-bond donors (Lipinski definition) is 1. The maximum Gasteiger partial charge on any atom is 0.243 e. The van der Waals surface area contributed by atoms with Gasteiger partial charge in [0.25, 0.3) is 0 Å². The van der Waals surface area contributed by atoms with Crippen LogP contribution in [0.15, 0.2) is 82.6 Å². The lowest BCUT2D eigenvalue weighted by molar-refractivity contribution is 0.401. The summed E-state index contributed by atoms with van der Waals surface area (Å²) in [7, 11) is -7.69. The van der Waals surface area contributed by atoms with Gasteiger partial charge in [0.15, 0.2) is 0 Å². The molecule has 1 fully saturated rings. The predicted molar refractivity (Wildman–Crippen MR) is 124 cm³/mol. The summed E-state index contributed by atoms with van der Waals surface area (Å²) in [4.78, 5) is -0.0277. The minimum absolute atomic E-state index is 0.00846. The van der Waals surface area contributed by atoms with Crippen molar-refractivity contribution in [1.29, 1.82) is 0 Å². The van der Waals surface area contributed by atoms with Gasteiger partial charge in [0.1, 0.15) is 5.82 Å². The van der Waals surface area contributed by atoms with E-state index in [4.69, 9.17) is 11.6 Å². The molecule has 10 heteroatoms. The van der Waals surface area contributed by atoms with Crippen LogP contribution in [0.3, 0.4) is 0 Å². The molecular formula is C23H22ClFN2O4S2. The van der Waals surface area contributed by atoms with Crippen molar-refractivity contribution in [1.82, 2.24) is 9.03 Å². The third-order valence-corrected chi connectivity index (χ3v) is 8.81. The number of sulfonamides is 2. The molecule has 0 saturated heterocycles. The lowest BCUT2D eigenvalue weighted by atomic mass is 10.2. The largest absolute Gasteiger partial charge is 0.243 e. The first kappa shape index (κ1) is 23.8. The van der Waals surface area contributed by atoms with Gasteiger partial charge in [-0.15, -0.1) is 0 Å². The molecule has 6 nitrogen and oxygen atoms in total. The maximum absolute atomic E-state index is 13.5. The van der Waals surface area contributed by atoms with Crippen molar-refractivity contribution < 1.29 is 21.2 Å². The van der Waals surface area contributed by atoms with Crippen molar-refractivity contribution in [3.63, 3.8) is 0 Å². The average molecular weight is 509 g/mol. The van der Waals surface area contributed by atoms with Crippen LogP contribution < -0.4 is 4.72 Å². The van der Waals surface area contributed by atoms with E-state index in [1.165, 1.54) is 52.8 Å². The molecule has 0 aromatic heterocycles. The molecule has 3 aromatic carbocycles. The summed E-state index contributed by atoms with van der Waals surface area (Å²) >= 11 is 5.94. The average Bonchev–Trinajstić information content (AvgIpc) is 3.59. The zero-order valence-corrected chi connectivity index (χ0v) is 19.9. The van der Waals surface area contributed by atoms with Crippen LogP contribution >= 0.6 is 11.6 Å². The number of halogens is 2. The first-order chi connectivity index (χ1) is 15.6. The van der Waals surface area contributed by atoms with E-state index in [2.05, 4.69) is 4.72 Å². The van der Waals surface area contributed by atoms with Crippen LogP contribution in [0.5, 0.6) is 0 Å². The van der Waals surface area contributed by atoms with Gasteiger partial charge in [-0.05, 0) is 72.5 Å². The molecule has 3 aromatic rings. The van der Waals surface area contributed by atoms with Gasteiger partial charge in [-0.3, -0.25) is 0 Å². The zero-order chi connectivity index (χ0) is 23.6. The Kier molecular flexibility index (Phi) is 6.88. The minimum Gasteiger partial charge on any atom is -0.208 e. The summed E-state index contributed by atoms with van der Waals surface area (Å²) < 4.78 is 68.9. The van der Waals surface area contributed by atoms with Crippen molar-refractivity contribution in [2.24, 2.45) is 0 Å². The van der Waals surface area contributed by atoms with E-state index in [1.54, 1.807) is 24.3 Å². The van der Waals surface area contributed by atoms with Gasteiger partial charge in [0.05, 0.1) is 9.79 Å². The summed E-state index contributed by atoms with van der Waals surface area (Å²) in [6, 6.07) is 17.5. The molecule has 1 saturated carbocycles. The summed E-state index contributed by atoms with van der Waals surface area (Å²) in [6.07, 6.45) is 1.60. The molecule has 0 atom stereocenters. The molecule has 0 aliphatic heterocycles. The number of benzene rings is 3. The van der Waals surface area contributed by atoms with Crippen molar-refractivity contribution in [3.05, 3.63) is 94.8 Å². The van der Waals surface area contributed by atoms with E-state index in [1.807, 2.05) is 0 Å². The molecule has 0 heterocycles. The van der Waals surface area contributed by atoms with Crippen molar-refractivity contribution in [3.8, 4) is 0 Å². The van der Waals surface area contributed by atoms with E-state index in [0.29, 0.717) is 10.6 Å². The van der Waals surface area contributed by atoms with E-state index >= 15 is 0 Å². The number of rotatable bonds is 9. The summed E-state index contributed by atoms with van der Waals surface area (Å²) in [6.45, 7) is 0.0642. The van der Waals surface area contributed by atoms with Gasteiger partial charge in [0.2, 0.25) is 20.0 Å². The number of nitrogens with one attached hydrogen (secondary N) is 1. The van der Waals surface area contributed by atoms with Crippen LogP contribution in [-0.4, -0.2) is 27.2 Å². The summed E-state index contributed by atoms with van der Waals surface area (Å²) in [5.74, 6) is -0.414. The van der Waals surface area contributed by atoms with E-state index in [-0.39, 0.29) is 28.9 Å². The molecule has 4 rings (SSSR count). The second-order valence-electron chi connectivity index (χ2n) is 7.89. The highest BCUT2D eigenvalue weighted by molar-refractivity contribution is 7.89. The third kappa shape index (κ3) is 5.99. The number of hydrogen-bond acceptors (Lipinski definition) is 4. The van der Waals surface area contributed by atoms with Crippen LogP contribution in [0, 0.1) is 5.82 Å². The minimum atomic E-state index is -4.00. The second kappa shape index (κ2) is 9.52. The molecule has 1 aliphatic carbocycles. The van der Waals surface area contributed by atoms with Crippen molar-refractivity contribution in [2.45, 2.75) is 41.8 Å². The van der Waals surface area contributed by atoms with E-state index in [9.17, 15) is 21.2 Å². The quantitative estimate of drug-likeness (QED) is 0.467. The summed E-state index contributed by atoms with van der Waals surface area (Å²) in [5, 5.41) is 0.531. The highest BCUT2D eigenvalue weighted by atomic mass is 35.5. The highest BCUT2D eigenvalue weighted by Crippen LogP contribution is 2.25. The first-order valence-corrected chi connectivity index (χ1v) is 13.5. The van der Waals surface area contributed by atoms with Crippen molar-refractivity contribution in [2.75, 3.05) is 0 Å². The van der Waals surface area contributed by atoms with Crippen LogP contribution in [0.2, 0.25) is 5.02 Å². The van der Waals surface area contributed by atoms with Crippen LogP contribution in [0.4, 0.5) is 4.39 Å². The Morgan fingerprint density at radius 2 is 1.27 bits per heavy atom. The van der Waals surface area contributed by atoms with Gasteiger partial charge >= 0.3 is 0 Å². The van der Waals surface area contributed by atoms with Gasteiger partial charge in [-0.2, -0.15) is 4.31 Å². The molecular weight excluding hydrogens is 487 g/mol. The molecule has 0 amide bonds. The fraction of sp³-hybridized carbons (Fsp3) is 0.217. The van der Waals surface area contributed by atoms with E-state index in [0.717, 1.165) is 18.4 Å². The van der Waals surface area contributed by atoms with Gasteiger partial charge in [-0.1, -0.05) is 35.9 Å². The van der Waals surface area contributed by atoms with Gasteiger partial charge < -0.3 is 0 Å². The Morgan fingerprint density at radius 3 is 1.79 bits per heavy atom. The zero-order valence-electron chi connectivity index (χ0n) is 17.5. The van der Waals surface area contributed by atoms with Crippen LogP contribution in [0.1, 0.15) is 24.0 Å². The van der Waals surface area contributed by atoms with Crippen molar-refractivity contribution >= 4 is 31.6 Å².